The summed E-state index contributed by atoms with van der Waals surface area (Å²) < 4.78 is 0.926. The van der Waals surface area contributed by atoms with Gasteiger partial charge in [0.2, 0.25) is 0 Å². The van der Waals surface area contributed by atoms with E-state index in [4.69, 9.17) is 0 Å². The largest absolute Gasteiger partial charge is 0.294 e. The molecule has 0 fully saturated rings. The minimum Gasteiger partial charge on any atom is -0.294 e. The van der Waals surface area contributed by atoms with Gasteiger partial charge in [0.05, 0.1) is 0 Å². The summed E-state index contributed by atoms with van der Waals surface area (Å²) in [5.41, 5.74) is 2.08. The highest BCUT2D eigenvalue weighted by Gasteiger charge is 2.07. The minimum absolute atomic E-state index is 0.194. The summed E-state index contributed by atoms with van der Waals surface area (Å²) in [5.74, 6) is 0.194. The molecule has 0 aliphatic rings. The molecule has 0 heterocycles. The van der Waals surface area contributed by atoms with E-state index in [0.717, 1.165) is 22.9 Å². The Morgan fingerprint density at radius 2 is 2.07 bits per heavy atom. The molecule has 0 aromatic heterocycles. The van der Waals surface area contributed by atoms with Crippen LogP contribution in [0, 0.1) is 0 Å². The average molecular weight is 255 g/mol. The first-order chi connectivity index (χ1) is 6.69. The van der Waals surface area contributed by atoms with Crippen molar-refractivity contribution in [1.29, 1.82) is 0 Å². The fraction of sp³-hybridized carbons (Fsp3) is 0.417. The first-order valence-corrected chi connectivity index (χ1v) is 5.80. The van der Waals surface area contributed by atoms with Gasteiger partial charge < -0.3 is 0 Å². The average Bonchev–Trinajstić information content (AvgIpc) is 2.17. The summed E-state index contributed by atoms with van der Waals surface area (Å²) in [7, 11) is 0. The predicted octanol–water partition coefficient (Wildman–Crippen LogP) is 3.99. The SMILES string of the molecule is CCCc1ccc(C(=O)CC)c(Br)c1. The highest BCUT2D eigenvalue weighted by atomic mass is 79.9. The van der Waals surface area contributed by atoms with Gasteiger partial charge in [0.1, 0.15) is 0 Å². The minimum atomic E-state index is 0.194. The van der Waals surface area contributed by atoms with Crippen LogP contribution in [0.15, 0.2) is 22.7 Å². The van der Waals surface area contributed by atoms with Crippen molar-refractivity contribution < 1.29 is 4.79 Å². The van der Waals surface area contributed by atoms with E-state index in [9.17, 15) is 4.79 Å². The molecule has 0 amide bonds. The second-order valence-corrected chi connectivity index (χ2v) is 4.20. The van der Waals surface area contributed by atoms with Crippen molar-refractivity contribution in [2.45, 2.75) is 33.1 Å². The number of Topliss-reactive ketones (excluding diaryl/α,β-unsaturated/α-hetero) is 1. The summed E-state index contributed by atoms with van der Waals surface area (Å²) in [6.07, 6.45) is 2.76. The van der Waals surface area contributed by atoms with E-state index < -0.39 is 0 Å². The quantitative estimate of drug-likeness (QED) is 0.743. The molecule has 14 heavy (non-hydrogen) atoms. The van der Waals surface area contributed by atoms with E-state index in [-0.39, 0.29) is 5.78 Å². The maximum absolute atomic E-state index is 11.5. The Balaban J connectivity index is 2.95. The molecule has 1 nitrogen and oxygen atoms in total. The Morgan fingerprint density at radius 3 is 2.57 bits per heavy atom. The smallest absolute Gasteiger partial charge is 0.163 e. The lowest BCUT2D eigenvalue weighted by atomic mass is 10.0. The standard InChI is InChI=1S/C12H15BrO/c1-3-5-9-6-7-10(11(13)8-9)12(14)4-2/h6-8H,3-5H2,1-2H3. The van der Waals surface area contributed by atoms with Crippen LogP contribution in [0.5, 0.6) is 0 Å². The summed E-state index contributed by atoms with van der Waals surface area (Å²) in [4.78, 5) is 11.5. The van der Waals surface area contributed by atoms with Crippen LogP contribution >= 0.6 is 15.9 Å². The summed E-state index contributed by atoms with van der Waals surface area (Å²) in [5, 5.41) is 0. The molecule has 2 heteroatoms. The molecular weight excluding hydrogens is 240 g/mol. The van der Waals surface area contributed by atoms with Crippen LogP contribution in [0.1, 0.15) is 42.6 Å². The first kappa shape index (κ1) is 11.4. The van der Waals surface area contributed by atoms with Gasteiger partial charge in [-0.2, -0.15) is 0 Å². The Kier molecular flexibility index (Phi) is 4.33. The zero-order chi connectivity index (χ0) is 10.6. The van der Waals surface area contributed by atoms with Crippen molar-refractivity contribution in [3.8, 4) is 0 Å². The normalized spacial score (nSPS) is 10.2. The van der Waals surface area contributed by atoms with Crippen molar-refractivity contribution in [1.82, 2.24) is 0 Å². The Morgan fingerprint density at radius 1 is 1.36 bits per heavy atom. The van der Waals surface area contributed by atoms with Gasteiger partial charge in [-0.3, -0.25) is 4.79 Å². The zero-order valence-electron chi connectivity index (χ0n) is 8.64. The van der Waals surface area contributed by atoms with Crippen LogP contribution in [0.25, 0.3) is 0 Å². The van der Waals surface area contributed by atoms with Crippen LogP contribution in [0.2, 0.25) is 0 Å². The Hall–Kier alpha value is -0.630. The molecule has 0 aliphatic carbocycles. The van der Waals surface area contributed by atoms with E-state index in [1.54, 1.807) is 0 Å². The van der Waals surface area contributed by atoms with Crippen LogP contribution in [-0.2, 0) is 6.42 Å². The maximum Gasteiger partial charge on any atom is 0.163 e. The van der Waals surface area contributed by atoms with Gasteiger partial charge >= 0.3 is 0 Å². The van der Waals surface area contributed by atoms with Gasteiger partial charge in [-0.05, 0) is 24.1 Å². The lowest BCUT2D eigenvalue weighted by Gasteiger charge is -2.04. The number of carbonyl (C=O) groups is 1. The first-order valence-electron chi connectivity index (χ1n) is 5.00. The Labute approximate surface area is 93.7 Å². The van der Waals surface area contributed by atoms with Crippen molar-refractivity contribution >= 4 is 21.7 Å². The molecule has 0 N–H and O–H groups in total. The monoisotopic (exact) mass is 254 g/mol. The lowest BCUT2D eigenvalue weighted by Crippen LogP contribution is -1.98. The third-order valence-electron chi connectivity index (χ3n) is 2.19. The van der Waals surface area contributed by atoms with Crippen molar-refractivity contribution in [3.05, 3.63) is 33.8 Å². The molecule has 1 aromatic carbocycles. The third-order valence-corrected chi connectivity index (χ3v) is 2.85. The van der Waals surface area contributed by atoms with Crippen molar-refractivity contribution in [2.24, 2.45) is 0 Å². The second-order valence-electron chi connectivity index (χ2n) is 3.34. The lowest BCUT2D eigenvalue weighted by molar-refractivity contribution is 0.0987. The topological polar surface area (TPSA) is 17.1 Å². The number of aryl methyl sites for hydroxylation is 1. The predicted molar refractivity (Wildman–Crippen MR) is 62.8 cm³/mol. The van der Waals surface area contributed by atoms with Crippen LogP contribution in [0.4, 0.5) is 0 Å². The van der Waals surface area contributed by atoms with E-state index in [0.29, 0.717) is 6.42 Å². The van der Waals surface area contributed by atoms with Gasteiger partial charge in [-0.15, -0.1) is 0 Å². The molecule has 1 aromatic rings. The number of ketones is 1. The molecule has 1 rings (SSSR count). The van der Waals surface area contributed by atoms with Crippen molar-refractivity contribution in [2.75, 3.05) is 0 Å². The fourth-order valence-electron chi connectivity index (χ4n) is 1.42. The number of rotatable bonds is 4. The van der Waals surface area contributed by atoms with Gasteiger partial charge in [0.15, 0.2) is 5.78 Å². The summed E-state index contributed by atoms with van der Waals surface area (Å²) in [6, 6.07) is 6.00. The molecule has 0 radical (unpaired) electrons. The zero-order valence-corrected chi connectivity index (χ0v) is 10.2. The number of hydrogen-bond donors (Lipinski definition) is 0. The van der Waals surface area contributed by atoms with E-state index >= 15 is 0 Å². The Bertz CT molecular complexity index is 331. The molecule has 76 valence electrons. The second kappa shape index (κ2) is 5.30. The number of hydrogen-bond acceptors (Lipinski definition) is 1. The molecule has 0 bridgehead atoms. The number of benzene rings is 1. The number of carbonyl (C=O) groups excluding carboxylic acids is 1. The summed E-state index contributed by atoms with van der Waals surface area (Å²) in [6.45, 7) is 4.04. The molecule has 0 saturated carbocycles. The van der Waals surface area contributed by atoms with Gasteiger partial charge in [-0.25, -0.2) is 0 Å². The highest BCUT2D eigenvalue weighted by Crippen LogP contribution is 2.20. The molecule has 0 unspecified atom stereocenters. The van der Waals surface area contributed by atoms with E-state index in [1.165, 1.54) is 5.56 Å². The van der Waals surface area contributed by atoms with Crippen LogP contribution < -0.4 is 0 Å². The molecule has 0 aliphatic heterocycles. The van der Waals surface area contributed by atoms with Crippen LogP contribution in [0.3, 0.4) is 0 Å². The van der Waals surface area contributed by atoms with E-state index in [1.807, 2.05) is 25.1 Å². The number of halogens is 1. The van der Waals surface area contributed by atoms with Gasteiger partial charge in [-0.1, -0.05) is 42.3 Å². The highest BCUT2D eigenvalue weighted by molar-refractivity contribution is 9.10. The van der Waals surface area contributed by atoms with E-state index in [2.05, 4.69) is 22.9 Å². The molecule has 0 spiro atoms. The maximum atomic E-state index is 11.5. The fourth-order valence-corrected chi connectivity index (χ4v) is 2.07. The van der Waals surface area contributed by atoms with Crippen LogP contribution in [-0.4, -0.2) is 5.78 Å². The van der Waals surface area contributed by atoms with Gasteiger partial charge in [0.25, 0.3) is 0 Å². The molecular formula is C12H15BrO. The summed E-state index contributed by atoms with van der Waals surface area (Å²) >= 11 is 3.44. The molecule has 0 saturated heterocycles. The van der Waals surface area contributed by atoms with Crippen molar-refractivity contribution in [3.63, 3.8) is 0 Å². The third kappa shape index (κ3) is 2.68. The molecule has 0 atom stereocenters. The van der Waals surface area contributed by atoms with Gasteiger partial charge in [0, 0.05) is 16.5 Å².